The molecule has 4 aliphatic carbocycles. The van der Waals surface area contributed by atoms with Crippen LogP contribution in [0.1, 0.15) is 44.1 Å². The molecule has 4 bridgehead atoms. The predicted octanol–water partition coefficient (Wildman–Crippen LogP) is 2.50. The first-order valence-electron chi connectivity index (χ1n) is 12.1. The van der Waals surface area contributed by atoms with Crippen molar-refractivity contribution in [1.82, 2.24) is 9.80 Å². The van der Waals surface area contributed by atoms with Crippen LogP contribution in [0, 0.1) is 17.8 Å². The molecule has 1 aliphatic heterocycles. The van der Waals surface area contributed by atoms with Gasteiger partial charge in [0.15, 0.2) is 0 Å². The van der Waals surface area contributed by atoms with Gasteiger partial charge < -0.3 is 14.9 Å². The van der Waals surface area contributed by atoms with E-state index in [9.17, 15) is 5.11 Å². The first kappa shape index (κ1) is 20.7. The Kier molecular flexibility index (Phi) is 6.07. The van der Waals surface area contributed by atoms with E-state index in [1.807, 2.05) is 0 Å². The highest BCUT2D eigenvalue weighted by molar-refractivity contribution is 5.34. The van der Waals surface area contributed by atoms with Gasteiger partial charge in [0.25, 0.3) is 0 Å². The van der Waals surface area contributed by atoms with E-state index in [0.29, 0.717) is 18.6 Å². The van der Waals surface area contributed by atoms with Crippen molar-refractivity contribution >= 4 is 0 Å². The summed E-state index contributed by atoms with van der Waals surface area (Å²) in [6.45, 7) is 5.76. The molecule has 1 aromatic carbocycles. The third-order valence-electron chi connectivity index (χ3n) is 8.30. The summed E-state index contributed by atoms with van der Waals surface area (Å²) in [4.78, 5) is 4.56. The molecule has 5 nitrogen and oxygen atoms in total. The Labute approximate surface area is 181 Å². The largest absolute Gasteiger partial charge is 0.491 e. The maximum atomic E-state index is 10.4. The van der Waals surface area contributed by atoms with Crippen LogP contribution in [-0.2, 0) is 5.41 Å². The van der Waals surface area contributed by atoms with Gasteiger partial charge >= 0.3 is 0 Å². The van der Waals surface area contributed by atoms with Crippen LogP contribution in [0.4, 0.5) is 0 Å². The number of benzene rings is 1. The summed E-state index contributed by atoms with van der Waals surface area (Å²) < 4.78 is 5.92. The van der Waals surface area contributed by atoms with Gasteiger partial charge in [-0.3, -0.25) is 9.80 Å². The second-order valence-corrected chi connectivity index (χ2v) is 10.6. The van der Waals surface area contributed by atoms with Crippen molar-refractivity contribution in [2.45, 2.75) is 50.0 Å². The van der Waals surface area contributed by atoms with Gasteiger partial charge in [0.05, 0.1) is 6.61 Å². The Morgan fingerprint density at radius 1 is 0.900 bits per heavy atom. The minimum absolute atomic E-state index is 0.220. The molecule has 166 valence electrons. The molecule has 0 unspecified atom stereocenters. The highest BCUT2D eigenvalue weighted by Crippen LogP contribution is 2.60. The standard InChI is InChI=1S/C25H38N2O3/c28-10-9-26-5-7-27(8-6-26)17-23(29)18-30-24-3-1-22(2-4-24)25-14-19-11-20(15-25)13-21(12-19)16-25/h1-4,19-21,23,28-29H,5-18H2/t19?,20?,21?,23-,25?/m1/s1. The smallest absolute Gasteiger partial charge is 0.119 e. The van der Waals surface area contributed by atoms with E-state index in [1.165, 1.54) is 44.1 Å². The van der Waals surface area contributed by atoms with E-state index in [0.717, 1.165) is 56.2 Å². The summed E-state index contributed by atoms with van der Waals surface area (Å²) >= 11 is 0. The zero-order valence-corrected chi connectivity index (χ0v) is 18.2. The van der Waals surface area contributed by atoms with Crippen LogP contribution in [-0.4, -0.2) is 78.6 Å². The first-order chi connectivity index (χ1) is 14.6. The van der Waals surface area contributed by atoms with Gasteiger partial charge in [0, 0.05) is 39.3 Å². The fourth-order valence-corrected chi connectivity index (χ4v) is 7.25. The zero-order valence-electron chi connectivity index (χ0n) is 18.2. The average molecular weight is 415 g/mol. The van der Waals surface area contributed by atoms with E-state index in [2.05, 4.69) is 34.1 Å². The van der Waals surface area contributed by atoms with Crippen molar-refractivity contribution < 1.29 is 14.9 Å². The number of ether oxygens (including phenoxy) is 1. The van der Waals surface area contributed by atoms with Gasteiger partial charge in [-0.25, -0.2) is 0 Å². The number of nitrogens with zero attached hydrogens (tertiary/aromatic N) is 2. The van der Waals surface area contributed by atoms with Gasteiger partial charge in [-0.05, 0) is 79.4 Å². The Hall–Kier alpha value is -1.14. The van der Waals surface area contributed by atoms with Gasteiger partial charge in [-0.15, -0.1) is 0 Å². The summed E-state index contributed by atoms with van der Waals surface area (Å²) in [5, 5.41) is 19.5. The van der Waals surface area contributed by atoms with E-state index in [-0.39, 0.29) is 6.61 Å². The molecule has 0 spiro atoms. The van der Waals surface area contributed by atoms with E-state index in [1.54, 1.807) is 0 Å². The molecule has 5 fully saturated rings. The second-order valence-electron chi connectivity index (χ2n) is 10.6. The first-order valence-corrected chi connectivity index (χ1v) is 12.1. The molecule has 4 saturated carbocycles. The third kappa shape index (κ3) is 4.40. The van der Waals surface area contributed by atoms with Crippen molar-refractivity contribution in [3.8, 4) is 5.75 Å². The van der Waals surface area contributed by atoms with E-state index in [4.69, 9.17) is 9.84 Å². The second kappa shape index (κ2) is 8.78. The molecule has 5 heteroatoms. The van der Waals surface area contributed by atoms with Crippen molar-refractivity contribution in [2.24, 2.45) is 17.8 Å². The van der Waals surface area contributed by atoms with Crippen molar-refractivity contribution in [2.75, 3.05) is 52.5 Å². The number of β-amino-alcohol motifs (C(OH)–C–C–N with tert-alkyl or cyclic N) is 2. The lowest BCUT2D eigenvalue weighted by atomic mass is 9.48. The lowest BCUT2D eigenvalue weighted by molar-refractivity contribution is -0.00522. The number of aliphatic hydroxyl groups is 2. The maximum absolute atomic E-state index is 10.4. The number of hydrogen-bond donors (Lipinski definition) is 2. The summed E-state index contributed by atoms with van der Waals surface area (Å²) in [5.41, 5.74) is 1.96. The topological polar surface area (TPSA) is 56.2 Å². The molecule has 0 radical (unpaired) electrons. The molecule has 1 atom stereocenters. The normalized spacial score (nSPS) is 34.9. The van der Waals surface area contributed by atoms with E-state index >= 15 is 0 Å². The molecule has 1 aromatic rings. The van der Waals surface area contributed by atoms with Crippen molar-refractivity contribution in [3.63, 3.8) is 0 Å². The molecular formula is C25H38N2O3. The number of aliphatic hydroxyl groups excluding tert-OH is 2. The van der Waals surface area contributed by atoms with E-state index < -0.39 is 6.10 Å². The molecule has 1 heterocycles. The van der Waals surface area contributed by atoms with Gasteiger partial charge in [-0.2, -0.15) is 0 Å². The molecule has 1 saturated heterocycles. The van der Waals surface area contributed by atoms with Crippen LogP contribution >= 0.6 is 0 Å². The fraction of sp³-hybridized carbons (Fsp3) is 0.760. The number of hydrogen-bond acceptors (Lipinski definition) is 5. The Morgan fingerprint density at radius 3 is 2.03 bits per heavy atom. The summed E-state index contributed by atoms with van der Waals surface area (Å²) in [5.74, 6) is 3.77. The molecule has 5 aliphatic rings. The lowest BCUT2D eigenvalue weighted by Crippen LogP contribution is -2.49. The van der Waals surface area contributed by atoms with Gasteiger partial charge in [0.2, 0.25) is 0 Å². The van der Waals surface area contributed by atoms with Crippen LogP contribution in [0.2, 0.25) is 0 Å². The quantitative estimate of drug-likeness (QED) is 0.685. The average Bonchev–Trinajstić information content (AvgIpc) is 2.73. The molecule has 2 N–H and O–H groups in total. The minimum Gasteiger partial charge on any atom is -0.491 e. The lowest BCUT2D eigenvalue weighted by Gasteiger charge is -2.57. The third-order valence-corrected chi connectivity index (χ3v) is 8.30. The molecule has 6 rings (SSSR count). The van der Waals surface area contributed by atoms with Crippen molar-refractivity contribution in [1.29, 1.82) is 0 Å². The van der Waals surface area contributed by atoms with Crippen LogP contribution in [0.25, 0.3) is 0 Å². The highest BCUT2D eigenvalue weighted by Gasteiger charge is 2.51. The predicted molar refractivity (Wildman–Crippen MR) is 118 cm³/mol. The highest BCUT2D eigenvalue weighted by atomic mass is 16.5. The summed E-state index contributed by atoms with van der Waals surface area (Å²) in [7, 11) is 0. The number of piperazine rings is 1. The number of rotatable bonds is 8. The summed E-state index contributed by atoms with van der Waals surface area (Å²) in [6, 6.07) is 8.84. The fourth-order valence-electron chi connectivity index (χ4n) is 7.25. The molecule has 0 aromatic heterocycles. The van der Waals surface area contributed by atoms with Crippen LogP contribution < -0.4 is 4.74 Å². The summed E-state index contributed by atoms with van der Waals surface area (Å²) in [6.07, 6.45) is 8.15. The van der Waals surface area contributed by atoms with Crippen molar-refractivity contribution in [3.05, 3.63) is 29.8 Å². The van der Waals surface area contributed by atoms with Crippen LogP contribution in [0.15, 0.2) is 24.3 Å². The van der Waals surface area contributed by atoms with Crippen LogP contribution in [0.3, 0.4) is 0 Å². The zero-order chi connectivity index (χ0) is 20.6. The molecular weight excluding hydrogens is 376 g/mol. The SMILES string of the molecule is OCCN1CCN(C[C@@H](O)COc2ccc(C34CC5CC(CC(C5)C3)C4)cc2)CC1. The minimum atomic E-state index is -0.475. The maximum Gasteiger partial charge on any atom is 0.119 e. The Morgan fingerprint density at radius 2 is 1.47 bits per heavy atom. The Bertz CT molecular complexity index is 664. The van der Waals surface area contributed by atoms with Gasteiger partial charge in [0.1, 0.15) is 18.5 Å². The molecule has 30 heavy (non-hydrogen) atoms. The monoisotopic (exact) mass is 414 g/mol. The van der Waals surface area contributed by atoms with Gasteiger partial charge in [-0.1, -0.05) is 12.1 Å². The Balaban J connectivity index is 1.10. The van der Waals surface area contributed by atoms with Crippen LogP contribution in [0.5, 0.6) is 5.75 Å². The molecule has 0 amide bonds.